The van der Waals surface area contributed by atoms with Gasteiger partial charge in [-0.05, 0) is 23.6 Å². The molecule has 1 amide bonds. The van der Waals surface area contributed by atoms with Crippen molar-refractivity contribution in [3.8, 4) is 6.07 Å². The van der Waals surface area contributed by atoms with E-state index >= 15 is 0 Å². The van der Waals surface area contributed by atoms with Gasteiger partial charge in [0.25, 0.3) is 0 Å². The van der Waals surface area contributed by atoms with E-state index in [9.17, 15) is 4.79 Å². The number of pyridine rings is 1. The fourth-order valence-electron chi connectivity index (χ4n) is 2.20. The second-order valence-electron chi connectivity index (χ2n) is 4.44. The van der Waals surface area contributed by atoms with E-state index in [2.05, 4.69) is 16.4 Å². The van der Waals surface area contributed by atoms with Gasteiger partial charge in [-0.15, -0.1) is 0 Å². The summed E-state index contributed by atoms with van der Waals surface area (Å²) in [6, 6.07) is 9.44. The van der Waals surface area contributed by atoms with Crippen molar-refractivity contribution in [2.45, 2.75) is 13.8 Å². The molecule has 2 aromatic rings. The number of benzene rings is 1. The highest BCUT2D eigenvalue weighted by molar-refractivity contribution is 5.96. The van der Waals surface area contributed by atoms with Crippen molar-refractivity contribution >= 4 is 22.5 Å². The molecule has 0 unspecified atom stereocenters. The van der Waals surface area contributed by atoms with Crippen LogP contribution in [0.5, 0.6) is 0 Å². The van der Waals surface area contributed by atoms with Gasteiger partial charge in [-0.3, -0.25) is 9.69 Å². The lowest BCUT2D eigenvalue weighted by molar-refractivity contribution is -0.118. The van der Waals surface area contributed by atoms with Crippen LogP contribution in [0.25, 0.3) is 10.8 Å². The molecular weight excluding hydrogens is 264 g/mol. The van der Waals surface area contributed by atoms with Crippen LogP contribution in [0, 0.1) is 11.3 Å². The highest BCUT2D eigenvalue weighted by atomic mass is 16.2. The van der Waals surface area contributed by atoms with Gasteiger partial charge in [0.15, 0.2) is 0 Å². The summed E-state index contributed by atoms with van der Waals surface area (Å²) in [6.45, 7) is 5.76. The van der Waals surface area contributed by atoms with Crippen LogP contribution in [0.4, 0.5) is 5.82 Å². The average molecular weight is 282 g/mol. The minimum Gasteiger partial charge on any atom is -0.307 e. The minimum atomic E-state index is 0.0340. The van der Waals surface area contributed by atoms with E-state index in [-0.39, 0.29) is 5.91 Å². The fraction of sp³-hybridized carbons (Fsp3) is 0.312. The molecule has 3 rings (SSSR count). The summed E-state index contributed by atoms with van der Waals surface area (Å²) < 4.78 is 0. The Hall–Kier alpha value is -2.45. The van der Waals surface area contributed by atoms with Crippen LogP contribution in [0.2, 0.25) is 0 Å². The molecule has 5 heteroatoms. The Bertz CT molecular complexity index is 690. The summed E-state index contributed by atoms with van der Waals surface area (Å²) in [5.41, 5.74) is 0.611. The van der Waals surface area contributed by atoms with Gasteiger partial charge < -0.3 is 5.32 Å². The maximum absolute atomic E-state index is 11.8. The van der Waals surface area contributed by atoms with Gasteiger partial charge in [-0.1, -0.05) is 19.9 Å². The third-order valence-electron chi connectivity index (χ3n) is 3.20. The summed E-state index contributed by atoms with van der Waals surface area (Å²) in [5.74, 6) is 0.704. The molecule has 0 saturated carbocycles. The van der Waals surface area contributed by atoms with Crippen LogP contribution in [-0.2, 0) is 4.79 Å². The lowest BCUT2D eigenvalue weighted by Crippen LogP contribution is -2.48. The molecule has 5 nitrogen and oxygen atoms in total. The Morgan fingerprint density at radius 2 is 2.10 bits per heavy atom. The standard InChI is InChI=1S/C14H12N4O.C2H6/c15-7-10-1-2-11-6-13(17-8-12(11)5-10)18-4-3-16-9-14(18)19;1-2/h1-2,5-6,8,16H,3-4,9H2;1-2H3. The van der Waals surface area contributed by atoms with E-state index in [1.165, 1.54) is 0 Å². The number of anilines is 1. The van der Waals surface area contributed by atoms with Crippen LogP contribution < -0.4 is 10.2 Å². The zero-order chi connectivity index (χ0) is 15.2. The van der Waals surface area contributed by atoms with E-state index in [1.807, 2.05) is 26.0 Å². The summed E-state index contributed by atoms with van der Waals surface area (Å²) in [4.78, 5) is 17.8. The SMILES string of the molecule is CC.N#Cc1ccc2cc(N3CCNCC3=O)ncc2c1. The molecule has 1 fully saturated rings. The molecule has 1 N–H and O–H groups in total. The molecule has 0 bridgehead atoms. The lowest BCUT2D eigenvalue weighted by atomic mass is 10.1. The van der Waals surface area contributed by atoms with Crippen molar-refractivity contribution in [3.63, 3.8) is 0 Å². The Morgan fingerprint density at radius 3 is 2.81 bits per heavy atom. The number of nitriles is 1. The first kappa shape index (κ1) is 14.9. The Labute approximate surface area is 124 Å². The Balaban J connectivity index is 0.000000774. The summed E-state index contributed by atoms with van der Waals surface area (Å²) in [5, 5.41) is 13.8. The molecule has 108 valence electrons. The first-order valence-corrected chi connectivity index (χ1v) is 7.09. The smallest absolute Gasteiger partial charge is 0.242 e. The van der Waals surface area contributed by atoms with Crippen molar-refractivity contribution in [2.75, 3.05) is 24.5 Å². The van der Waals surface area contributed by atoms with E-state index in [1.54, 1.807) is 23.2 Å². The summed E-state index contributed by atoms with van der Waals surface area (Å²) in [7, 11) is 0. The maximum Gasteiger partial charge on any atom is 0.242 e. The van der Waals surface area contributed by atoms with Crippen LogP contribution >= 0.6 is 0 Å². The van der Waals surface area contributed by atoms with E-state index in [4.69, 9.17) is 5.26 Å². The van der Waals surface area contributed by atoms with Gasteiger partial charge in [-0.25, -0.2) is 4.98 Å². The molecule has 0 radical (unpaired) electrons. The number of nitrogens with zero attached hydrogens (tertiary/aromatic N) is 3. The lowest BCUT2D eigenvalue weighted by Gasteiger charge is -2.26. The predicted molar refractivity (Wildman–Crippen MR) is 83.0 cm³/mol. The molecule has 1 aliphatic heterocycles. The number of nitrogens with one attached hydrogen (secondary N) is 1. The second-order valence-corrected chi connectivity index (χ2v) is 4.44. The van der Waals surface area contributed by atoms with E-state index in [0.29, 0.717) is 24.5 Å². The van der Waals surface area contributed by atoms with Gasteiger partial charge in [0.1, 0.15) is 5.82 Å². The third-order valence-corrected chi connectivity index (χ3v) is 3.20. The summed E-state index contributed by atoms with van der Waals surface area (Å²) in [6.07, 6.45) is 1.71. The topological polar surface area (TPSA) is 69.0 Å². The van der Waals surface area contributed by atoms with Crippen molar-refractivity contribution in [2.24, 2.45) is 0 Å². The number of carbonyl (C=O) groups is 1. The monoisotopic (exact) mass is 282 g/mol. The predicted octanol–water partition coefficient (Wildman–Crippen LogP) is 2.07. The molecule has 1 aliphatic rings. The largest absolute Gasteiger partial charge is 0.307 e. The van der Waals surface area contributed by atoms with Gasteiger partial charge in [0, 0.05) is 24.7 Å². The normalized spacial score (nSPS) is 14.3. The van der Waals surface area contributed by atoms with Crippen molar-refractivity contribution in [1.29, 1.82) is 5.26 Å². The third kappa shape index (κ3) is 3.18. The number of amides is 1. The molecule has 0 aliphatic carbocycles. The van der Waals surface area contributed by atoms with E-state index in [0.717, 1.165) is 17.3 Å². The van der Waals surface area contributed by atoms with Gasteiger partial charge in [0.05, 0.1) is 18.2 Å². The molecule has 21 heavy (non-hydrogen) atoms. The van der Waals surface area contributed by atoms with Crippen LogP contribution in [0.1, 0.15) is 19.4 Å². The number of aromatic nitrogens is 1. The van der Waals surface area contributed by atoms with Crippen LogP contribution in [0.3, 0.4) is 0 Å². The number of piperazine rings is 1. The zero-order valence-corrected chi connectivity index (χ0v) is 12.3. The van der Waals surface area contributed by atoms with Crippen molar-refractivity contribution < 1.29 is 4.79 Å². The zero-order valence-electron chi connectivity index (χ0n) is 12.3. The maximum atomic E-state index is 11.8. The molecular formula is C16H18N4O. The number of carbonyl (C=O) groups excluding carboxylic acids is 1. The second kappa shape index (κ2) is 6.82. The number of rotatable bonds is 1. The Kier molecular flexibility index (Phi) is 4.85. The highest BCUT2D eigenvalue weighted by Crippen LogP contribution is 2.21. The molecule has 1 aromatic carbocycles. The highest BCUT2D eigenvalue weighted by Gasteiger charge is 2.20. The van der Waals surface area contributed by atoms with Gasteiger partial charge in [-0.2, -0.15) is 5.26 Å². The van der Waals surface area contributed by atoms with Crippen LogP contribution in [-0.4, -0.2) is 30.5 Å². The van der Waals surface area contributed by atoms with Crippen LogP contribution in [0.15, 0.2) is 30.5 Å². The van der Waals surface area contributed by atoms with Crippen molar-refractivity contribution in [3.05, 3.63) is 36.0 Å². The average Bonchev–Trinajstić information content (AvgIpc) is 2.56. The van der Waals surface area contributed by atoms with E-state index < -0.39 is 0 Å². The van der Waals surface area contributed by atoms with Gasteiger partial charge in [0.2, 0.25) is 5.91 Å². The molecule has 0 atom stereocenters. The van der Waals surface area contributed by atoms with Crippen molar-refractivity contribution in [1.82, 2.24) is 10.3 Å². The first-order chi connectivity index (χ1) is 10.3. The Morgan fingerprint density at radius 1 is 1.29 bits per heavy atom. The summed E-state index contributed by atoms with van der Waals surface area (Å²) >= 11 is 0. The fourth-order valence-corrected chi connectivity index (χ4v) is 2.20. The minimum absolute atomic E-state index is 0.0340. The number of hydrogen-bond donors (Lipinski definition) is 1. The first-order valence-electron chi connectivity index (χ1n) is 7.09. The number of fused-ring (bicyclic) bond motifs is 1. The van der Waals surface area contributed by atoms with Gasteiger partial charge >= 0.3 is 0 Å². The number of hydrogen-bond acceptors (Lipinski definition) is 4. The molecule has 1 saturated heterocycles. The molecule has 0 spiro atoms. The molecule has 1 aromatic heterocycles. The quantitative estimate of drug-likeness (QED) is 0.869. The molecule has 2 heterocycles.